The summed E-state index contributed by atoms with van der Waals surface area (Å²) in [7, 11) is 0. The Morgan fingerprint density at radius 1 is 0.929 bits per heavy atom. The number of benzene rings is 3. The highest BCUT2D eigenvalue weighted by molar-refractivity contribution is 7.99. The Labute approximate surface area is 255 Å². The van der Waals surface area contributed by atoms with Gasteiger partial charge in [-0.15, -0.1) is 0 Å². The molecule has 7 nitrogen and oxygen atoms in total. The summed E-state index contributed by atoms with van der Waals surface area (Å²) in [5.41, 5.74) is 3.64. The van der Waals surface area contributed by atoms with Gasteiger partial charge in [0.05, 0.1) is 16.7 Å². The minimum Gasteiger partial charge on any atom is -0.352 e. The first-order chi connectivity index (χ1) is 20.4. The van der Waals surface area contributed by atoms with Gasteiger partial charge in [-0.1, -0.05) is 83.5 Å². The van der Waals surface area contributed by atoms with Crippen LogP contribution in [-0.4, -0.2) is 27.1 Å². The first kappa shape index (κ1) is 29.9. The summed E-state index contributed by atoms with van der Waals surface area (Å²) in [6.07, 6.45) is 3.20. The lowest BCUT2D eigenvalue weighted by Gasteiger charge is -2.28. The predicted molar refractivity (Wildman–Crippen MR) is 168 cm³/mol. The van der Waals surface area contributed by atoms with Crippen LogP contribution >= 0.6 is 23.4 Å². The highest BCUT2D eigenvalue weighted by Gasteiger charge is 2.27. The number of nitrogens with zero attached hydrogens (tertiary/aromatic N) is 2. The molecule has 1 aromatic heterocycles. The van der Waals surface area contributed by atoms with E-state index in [0.29, 0.717) is 40.7 Å². The van der Waals surface area contributed by atoms with E-state index in [1.165, 1.54) is 17.3 Å². The van der Waals surface area contributed by atoms with Gasteiger partial charge in [0.2, 0.25) is 11.8 Å². The maximum Gasteiger partial charge on any atom is 0.262 e. The van der Waals surface area contributed by atoms with Crippen molar-refractivity contribution in [2.45, 2.75) is 57.4 Å². The second kappa shape index (κ2) is 14.0. The number of thioether (sulfide) groups is 1. The molecule has 1 aliphatic carbocycles. The van der Waals surface area contributed by atoms with E-state index in [1.807, 2.05) is 73.7 Å². The van der Waals surface area contributed by atoms with Crippen molar-refractivity contribution >= 4 is 46.1 Å². The number of halogens is 1. The number of para-hydroxylation sites is 1. The van der Waals surface area contributed by atoms with Crippen LogP contribution in [0.3, 0.4) is 0 Å². The first-order valence-corrected chi connectivity index (χ1v) is 15.7. The number of hydrogen-bond acceptors (Lipinski definition) is 5. The lowest BCUT2D eigenvalue weighted by Crippen LogP contribution is -2.34. The van der Waals surface area contributed by atoms with E-state index in [2.05, 4.69) is 10.6 Å². The van der Waals surface area contributed by atoms with E-state index in [4.69, 9.17) is 16.6 Å². The van der Waals surface area contributed by atoms with E-state index >= 15 is 0 Å². The molecule has 1 aliphatic rings. The van der Waals surface area contributed by atoms with Crippen molar-refractivity contribution in [2.24, 2.45) is 11.8 Å². The molecule has 1 heterocycles. The van der Waals surface area contributed by atoms with Gasteiger partial charge in [0.1, 0.15) is 0 Å². The van der Waals surface area contributed by atoms with E-state index in [9.17, 15) is 14.4 Å². The number of amides is 2. The molecule has 1 saturated carbocycles. The molecular formula is C33H35ClN4O3S. The quantitative estimate of drug-likeness (QED) is 0.174. The van der Waals surface area contributed by atoms with E-state index < -0.39 is 0 Å². The van der Waals surface area contributed by atoms with Gasteiger partial charge < -0.3 is 10.6 Å². The number of aromatic nitrogens is 2. The molecule has 0 atom stereocenters. The van der Waals surface area contributed by atoms with Gasteiger partial charge in [-0.2, -0.15) is 0 Å². The van der Waals surface area contributed by atoms with E-state index in [0.717, 1.165) is 36.8 Å². The van der Waals surface area contributed by atoms with Crippen molar-refractivity contribution in [3.8, 4) is 0 Å². The summed E-state index contributed by atoms with van der Waals surface area (Å²) in [5.74, 6) is 0.285. The smallest absolute Gasteiger partial charge is 0.262 e. The number of nitrogens with one attached hydrogen (secondary N) is 2. The summed E-state index contributed by atoms with van der Waals surface area (Å²) in [6.45, 7) is 3.40. The topological polar surface area (TPSA) is 93.1 Å². The van der Waals surface area contributed by atoms with Gasteiger partial charge in [-0.05, 0) is 67.9 Å². The maximum absolute atomic E-state index is 13.6. The number of carbonyl (C=O) groups is 2. The molecule has 3 aromatic carbocycles. The molecule has 0 bridgehead atoms. The molecule has 4 aromatic rings. The van der Waals surface area contributed by atoms with Crippen molar-refractivity contribution in [1.82, 2.24) is 20.2 Å². The number of aryl methyl sites for hydroxylation is 1. The monoisotopic (exact) mass is 602 g/mol. The number of carbonyl (C=O) groups excluding carboxylic acids is 2. The Hall–Kier alpha value is -3.62. The molecule has 42 heavy (non-hydrogen) atoms. The van der Waals surface area contributed by atoms with Gasteiger partial charge in [-0.3, -0.25) is 19.0 Å². The Kier molecular flexibility index (Phi) is 9.97. The van der Waals surface area contributed by atoms with Crippen LogP contribution in [0.15, 0.2) is 82.7 Å². The Bertz CT molecular complexity index is 1610. The van der Waals surface area contributed by atoms with Crippen LogP contribution in [0.4, 0.5) is 0 Å². The lowest BCUT2D eigenvalue weighted by molar-refractivity contribution is -0.126. The molecule has 2 amide bonds. The van der Waals surface area contributed by atoms with Gasteiger partial charge in [-0.25, -0.2) is 4.98 Å². The van der Waals surface area contributed by atoms with Crippen LogP contribution in [0, 0.1) is 18.8 Å². The highest BCUT2D eigenvalue weighted by atomic mass is 35.5. The van der Waals surface area contributed by atoms with Crippen LogP contribution < -0.4 is 16.2 Å². The third-order valence-corrected chi connectivity index (χ3v) is 9.18. The molecule has 0 saturated heterocycles. The lowest BCUT2D eigenvalue weighted by atomic mass is 9.81. The Balaban J connectivity index is 1.20. The zero-order valence-electron chi connectivity index (χ0n) is 23.6. The summed E-state index contributed by atoms with van der Waals surface area (Å²) in [4.78, 5) is 43.9. The van der Waals surface area contributed by atoms with E-state index in [-0.39, 0.29) is 35.0 Å². The number of hydrogen-bond donors (Lipinski definition) is 2. The highest BCUT2D eigenvalue weighted by Crippen LogP contribution is 2.31. The fraction of sp³-hybridized carbons (Fsp3) is 0.333. The third kappa shape index (κ3) is 7.61. The van der Waals surface area contributed by atoms with Gasteiger partial charge in [0.15, 0.2) is 5.16 Å². The average Bonchev–Trinajstić information content (AvgIpc) is 3.01. The third-order valence-electron chi connectivity index (χ3n) is 7.84. The van der Waals surface area contributed by atoms with Gasteiger partial charge in [0, 0.05) is 30.6 Å². The minimum absolute atomic E-state index is 0.0470. The molecule has 9 heteroatoms. The molecule has 1 fully saturated rings. The second-order valence-electron chi connectivity index (χ2n) is 10.9. The fourth-order valence-corrected chi connectivity index (χ4v) is 6.38. The summed E-state index contributed by atoms with van der Waals surface area (Å²) in [6, 6.07) is 22.9. The zero-order valence-corrected chi connectivity index (χ0v) is 25.2. The molecular weight excluding hydrogens is 568 g/mol. The maximum atomic E-state index is 13.6. The van der Waals surface area contributed by atoms with Crippen LogP contribution in [0.1, 0.15) is 42.4 Å². The molecule has 5 rings (SSSR count). The van der Waals surface area contributed by atoms with E-state index in [1.54, 1.807) is 10.6 Å². The largest absolute Gasteiger partial charge is 0.352 e. The van der Waals surface area contributed by atoms with Crippen LogP contribution in [0.5, 0.6) is 0 Å². The van der Waals surface area contributed by atoms with Crippen molar-refractivity contribution in [3.05, 3.63) is 105 Å². The predicted octanol–water partition coefficient (Wildman–Crippen LogP) is 5.89. The standard InChI is InChI=1S/C33H35ClN4O3S/c1-22-10-12-23(13-11-22)18-35-30(39)21-42-33-37-29-9-5-3-7-27(29)32(41)38(33)20-24-14-16-25(17-15-24)31(40)36-19-26-6-2-4-8-28(26)34/h2-13,24-25H,14-21H2,1H3,(H,35,39)(H,36,40). The molecule has 0 spiro atoms. The first-order valence-electron chi connectivity index (χ1n) is 14.3. The normalized spacial score (nSPS) is 16.7. The van der Waals surface area contributed by atoms with Crippen molar-refractivity contribution < 1.29 is 9.59 Å². The summed E-state index contributed by atoms with van der Waals surface area (Å²) >= 11 is 7.52. The molecule has 0 unspecified atom stereocenters. The van der Waals surface area contributed by atoms with Crippen molar-refractivity contribution in [3.63, 3.8) is 0 Å². The summed E-state index contributed by atoms with van der Waals surface area (Å²) in [5, 5.41) is 7.75. The summed E-state index contributed by atoms with van der Waals surface area (Å²) < 4.78 is 1.72. The molecule has 218 valence electrons. The van der Waals surface area contributed by atoms with Crippen LogP contribution in [0.2, 0.25) is 5.02 Å². The molecule has 2 N–H and O–H groups in total. The zero-order chi connectivity index (χ0) is 29.5. The average molecular weight is 603 g/mol. The Morgan fingerprint density at radius 3 is 2.40 bits per heavy atom. The molecule has 0 radical (unpaired) electrons. The Morgan fingerprint density at radius 2 is 1.64 bits per heavy atom. The fourth-order valence-electron chi connectivity index (χ4n) is 5.34. The van der Waals surface area contributed by atoms with Crippen LogP contribution in [-0.2, 0) is 29.2 Å². The van der Waals surface area contributed by atoms with Crippen molar-refractivity contribution in [2.75, 3.05) is 5.75 Å². The van der Waals surface area contributed by atoms with Gasteiger partial charge in [0.25, 0.3) is 5.56 Å². The van der Waals surface area contributed by atoms with Gasteiger partial charge >= 0.3 is 0 Å². The number of fused-ring (bicyclic) bond motifs is 1. The SMILES string of the molecule is Cc1ccc(CNC(=O)CSc2nc3ccccc3c(=O)n2CC2CCC(C(=O)NCc3ccccc3Cl)CC2)cc1. The van der Waals surface area contributed by atoms with Crippen LogP contribution in [0.25, 0.3) is 10.9 Å². The molecule has 0 aliphatic heterocycles. The minimum atomic E-state index is -0.113. The second-order valence-corrected chi connectivity index (χ2v) is 12.3. The van der Waals surface area contributed by atoms with Crippen molar-refractivity contribution in [1.29, 1.82) is 0 Å². The number of rotatable bonds is 10.